The van der Waals surface area contributed by atoms with Gasteiger partial charge in [-0.3, -0.25) is 14.8 Å². The van der Waals surface area contributed by atoms with Gasteiger partial charge in [-0.1, -0.05) is 24.3 Å². The molecule has 0 saturated carbocycles. The van der Waals surface area contributed by atoms with Crippen molar-refractivity contribution in [3.05, 3.63) is 71.7 Å². The SMILES string of the molecule is Cc1cc2ccccc2nc1CC(=O)NCc1ccccn1. The lowest BCUT2D eigenvalue weighted by atomic mass is 10.1. The molecular weight excluding hydrogens is 274 g/mol. The summed E-state index contributed by atoms with van der Waals surface area (Å²) in [5.74, 6) is -0.0449. The van der Waals surface area contributed by atoms with E-state index in [1.165, 1.54) is 0 Å². The first-order chi connectivity index (χ1) is 10.7. The maximum absolute atomic E-state index is 12.1. The number of carbonyl (C=O) groups excluding carboxylic acids is 1. The molecule has 3 rings (SSSR count). The molecule has 1 amide bonds. The van der Waals surface area contributed by atoms with Crippen molar-refractivity contribution in [2.45, 2.75) is 19.9 Å². The highest BCUT2D eigenvalue weighted by Gasteiger charge is 2.09. The van der Waals surface area contributed by atoms with E-state index in [0.29, 0.717) is 6.54 Å². The van der Waals surface area contributed by atoms with Gasteiger partial charge in [0, 0.05) is 11.6 Å². The monoisotopic (exact) mass is 291 g/mol. The van der Waals surface area contributed by atoms with Gasteiger partial charge < -0.3 is 5.32 Å². The average molecular weight is 291 g/mol. The van der Waals surface area contributed by atoms with E-state index in [9.17, 15) is 4.79 Å². The molecule has 110 valence electrons. The molecule has 1 aromatic carbocycles. The van der Waals surface area contributed by atoms with Gasteiger partial charge in [0.1, 0.15) is 0 Å². The van der Waals surface area contributed by atoms with Crippen molar-refractivity contribution < 1.29 is 4.79 Å². The molecule has 0 unspecified atom stereocenters. The number of hydrogen-bond acceptors (Lipinski definition) is 3. The van der Waals surface area contributed by atoms with Gasteiger partial charge in [-0.15, -0.1) is 0 Å². The Kier molecular flexibility index (Phi) is 4.10. The number of carbonyl (C=O) groups is 1. The summed E-state index contributed by atoms with van der Waals surface area (Å²) in [6, 6.07) is 15.7. The van der Waals surface area contributed by atoms with Crippen molar-refractivity contribution >= 4 is 16.8 Å². The number of amides is 1. The summed E-state index contributed by atoms with van der Waals surface area (Å²) in [4.78, 5) is 20.9. The predicted octanol–water partition coefficient (Wildman–Crippen LogP) is 2.80. The van der Waals surface area contributed by atoms with Crippen LogP contribution in [-0.2, 0) is 17.8 Å². The normalized spacial score (nSPS) is 10.6. The van der Waals surface area contributed by atoms with Crippen LogP contribution in [0, 0.1) is 6.92 Å². The fourth-order valence-electron chi connectivity index (χ4n) is 2.35. The Morgan fingerprint density at radius 1 is 1.14 bits per heavy atom. The van der Waals surface area contributed by atoms with Crippen LogP contribution in [0.3, 0.4) is 0 Å². The summed E-state index contributed by atoms with van der Waals surface area (Å²) in [7, 11) is 0. The molecule has 2 heterocycles. The molecule has 0 spiro atoms. The number of benzene rings is 1. The lowest BCUT2D eigenvalue weighted by Crippen LogP contribution is -2.25. The zero-order chi connectivity index (χ0) is 15.4. The molecule has 0 radical (unpaired) electrons. The third-order valence-corrected chi connectivity index (χ3v) is 3.54. The number of aryl methyl sites for hydroxylation is 1. The van der Waals surface area contributed by atoms with Crippen molar-refractivity contribution in [1.29, 1.82) is 0 Å². The van der Waals surface area contributed by atoms with Crippen LogP contribution in [-0.4, -0.2) is 15.9 Å². The van der Waals surface area contributed by atoms with Gasteiger partial charge in [-0.05, 0) is 36.8 Å². The van der Waals surface area contributed by atoms with Crippen LogP contribution >= 0.6 is 0 Å². The molecule has 0 aliphatic carbocycles. The highest BCUT2D eigenvalue weighted by molar-refractivity contribution is 5.82. The van der Waals surface area contributed by atoms with E-state index in [-0.39, 0.29) is 12.3 Å². The summed E-state index contributed by atoms with van der Waals surface area (Å²) >= 11 is 0. The first-order valence-electron chi connectivity index (χ1n) is 7.24. The van der Waals surface area contributed by atoms with Crippen LogP contribution in [0.1, 0.15) is 17.0 Å². The second-order valence-electron chi connectivity index (χ2n) is 5.22. The van der Waals surface area contributed by atoms with Gasteiger partial charge in [0.2, 0.25) is 5.91 Å². The number of para-hydroxylation sites is 1. The lowest BCUT2D eigenvalue weighted by Gasteiger charge is -2.08. The number of pyridine rings is 2. The molecule has 0 aliphatic heterocycles. The van der Waals surface area contributed by atoms with Gasteiger partial charge in [-0.2, -0.15) is 0 Å². The van der Waals surface area contributed by atoms with E-state index in [1.807, 2.05) is 49.4 Å². The minimum absolute atomic E-state index is 0.0449. The Morgan fingerprint density at radius 2 is 1.95 bits per heavy atom. The minimum atomic E-state index is -0.0449. The Labute approximate surface area is 129 Å². The smallest absolute Gasteiger partial charge is 0.226 e. The zero-order valence-corrected chi connectivity index (χ0v) is 12.4. The Bertz CT molecular complexity index is 800. The predicted molar refractivity (Wildman–Crippen MR) is 86.3 cm³/mol. The number of hydrogen-bond donors (Lipinski definition) is 1. The Hall–Kier alpha value is -2.75. The van der Waals surface area contributed by atoms with E-state index >= 15 is 0 Å². The standard InChI is InChI=1S/C18H17N3O/c1-13-10-14-6-2-3-8-16(14)21-17(13)11-18(22)20-12-15-7-4-5-9-19-15/h2-10H,11-12H2,1H3,(H,20,22). The van der Waals surface area contributed by atoms with Crippen molar-refractivity contribution in [1.82, 2.24) is 15.3 Å². The number of nitrogens with one attached hydrogen (secondary N) is 1. The first kappa shape index (κ1) is 14.2. The maximum Gasteiger partial charge on any atom is 0.226 e. The molecule has 1 N–H and O–H groups in total. The van der Waals surface area contributed by atoms with Crippen LogP contribution in [0.5, 0.6) is 0 Å². The second kappa shape index (κ2) is 6.35. The molecule has 3 aromatic rings. The maximum atomic E-state index is 12.1. The van der Waals surface area contributed by atoms with Crippen molar-refractivity contribution in [2.75, 3.05) is 0 Å². The van der Waals surface area contributed by atoms with Gasteiger partial charge >= 0.3 is 0 Å². The number of rotatable bonds is 4. The average Bonchev–Trinajstić information content (AvgIpc) is 2.55. The third-order valence-electron chi connectivity index (χ3n) is 3.54. The van der Waals surface area contributed by atoms with E-state index in [0.717, 1.165) is 27.9 Å². The molecule has 0 bridgehead atoms. The molecular formula is C18H17N3O. The van der Waals surface area contributed by atoms with E-state index < -0.39 is 0 Å². The van der Waals surface area contributed by atoms with Crippen LogP contribution in [0.4, 0.5) is 0 Å². The van der Waals surface area contributed by atoms with Crippen LogP contribution < -0.4 is 5.32 Å². The molecule has 0 fully saturated rings. The lowest BCUT2D eigenvalue weighted by molar-refractivity contribution is -0.120. The molecule has 2 aromatic heterocycles. The van der Waals surface area contributed by atoms with Gasteiger partial charge in [0.15, 0.2) is 0 Å². The molecule has 22 heavy (non-hydrogen) atoms. The fourth-order valence-corrected chi connectivity index (χ4v) is 2.35. The summed E-state index contributed by atoms with van der Waals surface area (Å²) in [6.07, 6.45) is 2.00. The third kappa shape index (κ3) is 3.28. The van der Waals surface area contributed by atoms with Crippen molar-refractivity contribution in [2.24, 2.45) is 0 Å². The number of nitrogens with zero attached hydrogens (tertiary/aromatic N) is 2. The zero-order valence-electron chi connectivity index (χ0n) is 12.4. The molecule has 0 aliphatic rings. The van der Waals surface area contributed by atoms with Gasteiger partial charge in [0.05, 0.1) is 29.9 Å². The van der Waals surface area contributed by atoms with E-state index in [1.54, 1.807) is 6.20 Å². The first-order valence-corrected chi connectivity index (χ1v) is 7.24. The number of fused-ring (bicyclic) bond motifs is 1. The quantitative estimate of drug-likeness (QED) is 0.804. The van der Waals surface area contributed by atoms with Crippen LogP contribution in [0.25, 0.3) is 10.9 Å². The summed E-state index contributed by atoms with van der Waals surface area (Å²) in [6.45, 7) is 2.42. The van der Waals surface area contributed by atoms with Crippen LogP contribution in [0.15, 0.2) is 54.7 Å². The summed E-state index contributed by atoms with van der Waals surface area (Å²) in [5, 5.41) is 3.98. The fraction of sp³-hybridized carbons (Fsp3) is 0.167. The second-order valence-corrected chi connectivity index (χ2v) is 5.22. The summed E-state index contributed by atoms with van der Waals surface area (Å²) in [5.41, 5.74) is 3.61. The summed E-state index contributed by atoms with van der Waals surface area (Å²) < 4.78 is 0. The van der Waals surface area contributed by atoms with Crippen LogP contribution in [0.2, 0.25) is 0 Å². The largest absolute Gasteiger partial charge is 0.350 e. The Balaban J connectivity index is 1.70. The Morgan fingerprint density at radius 3 is 2.77 bits per heavy atom. The topological polar surface area (TPSA) is 54.9 Å². The molecule has 0 saturated heterocycles. The van der Waals surface area contributed by atoms with Crippen molar-refractivity contribution in [3.63, 3.8) is 0 Å². The molecule has 0 atom stereocenters. The molecule has 4 heteroatoms. The van der Waals surface area contributed by atoms with Gasteiger partial charge in [0.25, 0.3) is 0 Å². The minimum Gasteiger partial charge on any atom is -0.350 e. The van der Waals surface area contributed by atoms with Crippen molar-refractivity contribution in [3.8, 4) is 0 Å². The van der Waals surface area contributed by atoms with E-state index in [4.69, 9.17) is 0 Å². The van der Waals surface area contributed by atoms with Gasteiger partial charge in [-0.25, -0.2) is 0 Å². The highest BCUT2D eigenvalue weighted by atomic mass is 16.1. The van der Waals surface area contributed by atoms with E-state index in [2.05, 4.69) is 21.4 Å². The number of aromatic nitrogens is 2. The highest BCUT2D eigenvalue weighted by Crippen LogP contribution is 2.16. The molecule has 4 nitrogen and oxygen atoms in total.